The lowest BCUT2D eigenvalue weighted by atomic mass is 10.2. The number of nitrogens with one attached hydrogen (secondary N) is 1. The number of hydrogen-bond acceptors (Lipinski definition) is 5. The van der Waals surface area contributed by atoms with Crippen LogP contribution in [0, 0.1) is 0 Å². The van der Waals surface area contributed by atoms with E-state index in [2.05, 4.69) is 15.0 Å². The molecule has 0 saturated carbocycles. The van der Waals surface area contributed by atoms with Crippen molar-refractivity contribution in [1.29, 1.82) is 0 Å². The van der Waals surface area contributed by atoms with Crippen LogP contribution >= 0.6 is 11.6 Å². The van der Waals surface area contributed by atoms with Gasteiger partial charge in [0.1, 0.15) is 19.5 Å². The van der Waals surface area contributed by atoms with Crippen LogP contribution in [0.5, 0.6) is 11.5 Å². The summed E-state index contributed by atoms with van der Waals surface area (Å²) < 4.78 is 15.5. The topological polar surface area (TPSA) is 73.6 Å². The Kier molecular flexibility index (Phi) is 3.47. The van der Waals surface area contributed by atoms with E-state index in [1.807, 2.05) is 0 Å². The average molecular weight is 295 g/mol. The molecule has 0 unspecified atom stereocenters. The second-order valence-corrected chi connectivity index (χ2v) is 4.60. The predicted molar refractivity (Wildman–Crippen MR) is 71.3 cm³/mol. The molecule has 0 aliphatic carbocycles. The van der Waals surface area contributed by atoms with E-state index in [0.29, 0.717) is 41.1 Å². The van der Waals surface area contributed by atoms with Crippen LogP contribution in [0.2, 0.25) is 5.02 Å². The first-order valence-corrected chi connectivity index (χ1v) is 6.38. The summed E-state index contributed by atoms with van der Waals surface area (Å²) in [6, 6.07) is 4.91. The van der Waals surface area contributed by atoms with Crippen LogP contribution in [0.15, 0.2) is 29.0 Å². The standard InChI is InChI=1S/C13H11ClN2O4/c14-9-6-11-12(19-4-3-18-11)7-10(9)15-13(17)5-8-1-2-20-16-8/h1-2,6-7H,3-5H2,(H,15,17). The molecule has 7 heteroatoms. The summed E-state index contributed by atoms with van der Waals surface area (Å²) in [5, 5.41) is 6.78. The number of carbonyl (C=O) groups is 1. The number of anilines is 1. The Morgan fingerprint density at radius 2 is 2.05 bits per heavy atom. The maximum atomic E-state index is 11.9. The molecule has 0 radical (unpaired) electrons. The summed E-state index contributed by atoms with van der Waals surface area (Å²) in [6.07, 6.45) is 1.53. The molecule has 0 bridgehead atoms. The van der Waals surface area contributed by atoms with Gasteiger partial charge < -0.3 is 19.3 Å². The highest BCUT2D eigenvalue weighted by Gasteiger charge is 2.16. The highest BCUT2D eigenvalue weighted by Crippen LogP contribution is 2.37. The molecule has 1 N–H and O–H groups in total. The fraction of sp³-hybridized carbons (Fsp3) is 0.231. The lowest BCUT2D eigenvalue weighted by molar-refractivity contribution is -0.115. The Labute approximate surface area is 119 Å². The number of amides is 1. The number of carbonyl (C=O) groups excluding carboxylic acids is 1. The number of fused-ring (bicyclic) bond motifs is 1. The first-order valence-electron chi connectivity index (χ1n) is 6.00. The average Bonchev–Trinajstić information content (AvgIpc) is 2.92. The Morgan fingerprint density at radius 1 is 1.30 bits per heavy atom. The molecule has 3 rings (SSSR count). The second-order valence-electron chi connectivity index (χ2n) is 4.19. The van der Waals surface area contributed by atoms with Crippen molar-refractivity contribution >= 4 is 23.2 Å². The van der Waals surface area contributed by atoms with Crippen molar-refractivity contribution < 1.29 is 18.8 Å². The Bertz CT molecular complexity index is 628. The number of benzene rings is 1. The minimum Gasteiger partial charge on any atom is -0.486 e. The van der Waals surface area contributed by atoms with Gasteiger partial charge in [-0.15, -0.1) is 0 Å². The van der Waals surface area contributed by atoms with Crippen molar-refractivity contribution in [2.75, 3.05) is 18.5 Å². The van der Waals surface area contributed by atoms with Gasteiger partial charge in [0.05, 0.1) is 22.8 Å². The third kappa shape index (κ3) is 2.70. The van der Waals surface area contributed by atoms with Gasteiger partial charge >= 0.3 is 0 Å². The Morgan fingerprint density at radius 3 is 2.75 bits per heavy atom. The van der Waals surface area contributed by atoms with E-state index < -0.39 is 0 Å². The summed E-state index contributed by atoms with van der Waals surface area (Å²) in [4.78, 5) is 11.9. The largest absolute Gasteiger partial charge is 0.486 e. The number of halogens is 1. The van der Waals surface area contributed by atoms with Crippen LogP contribution in [0.4, 0.5) is 5.69 Å². The van der Waals surface area contributed by atoms with Crippen molar-refractivity contribution in [3.63, 3.8) is 0 Å². The fourth-order valence-electron chi connectivity index (χ4n) is 1.85. The fourth-order valence-corrected chi connectivity index (χ4v) is 2.05. The van der Waals surface area contributed by atoms with Crippen LogP contribution < -0.4 is 14.8 Å². The number of hydrogen-bond donors (Lipinski definition) is 1. The zero-order chi connectivity index (χ0) is 13.9. The van der Waals surface area contributed by atoms with Gasteiger partial charge in [-0.2, -0.15) is 0 Å². The molecule has 0 saturated heterocycles. The highest BCUT2D eigenvalue weighted by atomic mass is 35.5. The van der Waals surface area contributed by atoms with E-state index in [4.69, 9.17) is 21.1 Å². The molecule has 0 fully saturated rings. The first-order chi connectivity index (χ1) is 9.72. The van der Waals surface area contributed by atoms with Crippen LogP contribution in [0.3, 0.4) is 0 Å². The molecule has 2 heterocycles. The SMILES string of the molecule is O=C(Cc1ccon1)Nc1cc2c(cc1Cl)OCCO2. The van der Waals surface area contributed by atoms with Gasteiger partial charge in [-0.1, -0.05) is 16.8 Å². The predicted octanol–water partition coefficient (Wildman–Crippen LogP) is 2.28. The molecule has 20 heavy (non-hydrogen) atoms. The zero-order valence-corrected chi connectivity index (χ0v) is 11.1. The minimum atomic E-state index is -0.238. The van der Waals surface area contributed by atoms with E-state index in [-0.39, 0.29) is 12.3 Å². The number of ether oxygens (including phenoxy) is 2. The van der Waals surface area contributed by atoms with E-state index in [9.17, 15) is 4.79 Å². The molecule has 1 aromatic carbocycles. The van der Waals surface area contributed by atoms with Gasteiger partial charge in [0.2, 0.25) is 5.91 Å². The monoisotopic (exact) mass is 294 g/mol. The third-order valence-corrected chi connectivity index (χ3v) is 3.05. The smallest absolute Gasteiger partial charge is 0.230 e. The first kappa shape index (κ1) is 12.8. The van der Waals surface area contributed by atoms with Gasteiger partial charge in [0.25, 0.3) is 0 Å². The van der Waals surface area contributed by atoms with Gasteiger partial charge in [0.15, 0.2) is 11.5 Å². The maximum absolute atomic E-state index is 11.9. The molecular weight excluding hydrogens is 284 g/mol. The van der Waals surface area contributed by atoms with Crippen molar-refractivity contribution in [1.82, 2.24) is 5.16 Å². The molecular formula is C13H11ClN2O4. The van der Waals surface area contributed by atoms with Gasteiger partial charge in [0, 0.05) is 18.2 Å². The van der Waals surface area contributed by atoms with Crippen molar-refractivity contribution in [2.45, 2.75) is 6.42 Å². The van der Waals surface area contributed by atoms with E-state index in [1.165, 1.54) is 6.26 Å². The van der Waals surface area contributed by atoms with E-state index >= 15 is 0 Å². The lowest BCUT2D eigenvalue weighted by Gasteiger charge is -2.19. The van der Waals surface area contributed by atoms with Crippen molar-refractivity contribution in [2.24, 2.45) is 0 Å². The molecule has 1 aromatic heterocycles. The second kappa shape index (κ2) is 5.42. The van der Waals surface area contributed by atoms with Crippen LogP contribution in [0.1, 0.15) is 5.69 Å². The van der Waals surface area contributed by atoms with E-state index in [1.54, 1.807) is 18.2 Å². The summed E-state index contributed by atoms with van der Waals surface area (Å²) in [6.45, 7) is 0.960. The maximum Gasteiger partial charge on any atom is 0.230 e. The van der Waals surface area contributed by atoms with Gasteiger partial charge in [-0.25, -0.2) is 0 Å². The molecule has 1 aliphatic rings. The normalized spacial score (nSPS) is 13.1. The number of rotatable bonds is 3. The summed E-state index contributed by atoms with van der Waals surface area (Å²) in [5.74, 6) is 0.908. The van der Waals surface area contributed by atoms with Gasteiger partial charge in [-0.3, -0.25) is 4.79 Å². The lowest BCUT2D eigenvalue weighted by Crippen LogP contribution is -2.17. The quantitative estimate of drug-likeness (QED) is 0.940. The Hall–Kier alpha value is -2.21. The van der Waals surface area contributed by atoms with E-state index in [0.717, 1.165) is 0 Å². The molecule has 104 valence electrons. The summed E-state index contributed by atoms with van der Waals surface area (Å²) >= 11 is 6.10. The van der Waals surface area contributed by atoms with Crippen LogP contribution in [0.25, 0.3) is 0 Å². The van der Waals surface area contributed by atoms with Crippen LogP contribution in [-0.2, 0) is 11.2 Å². The Balaban J connectivity index is 1.75. The molecule has 2 aromatic rings. The van der Waals surface area contributed by atoms with Gasteiger partial charge in [-0.05, 0) is 0 Å². The number of nitrogens with zero attached hydrogens (tertiary/aromatic N) is 1. The van der Waals surface area contributed by atoms with Crippen molar-refractivity contribution in [3.8, 4) is 11.5 Å². The van der Waals surface area contributed by atoms with Crippen molar-refractivity contribution in [3.05, 3.63) is 35.2 Å². The molecule has 0 atom stereocenters. The highest BCUT2D eigenvalue weighted by molar-refractivity contribution is 6.34. The third-order valence-electron chi connectivity index (χ3n) is 2.74. The summed E-state index contributed by atoms with van der Waals surface area (Å²) in [7, 11) is 0. The molecule has 6 nitrogen and oxygen atoms in total. The molecule has 1 amide bonds. The van der Waals surface area contributed by atoms with Crippen LogP contribution in [-0.4, -0.2) is 24.3 Å². The summed E-state index contributed by atoms with van der Waals surface area (Å²) in [5.41, 5.74) is 1.03. The molecule has 0 spiro atoms. The molecule has 1 aliphatic heterocycles. The minimum absolute atomic E-state index is 0.112. The number of aromatic nitrogens is 1. The zero-order valence-electron chi connectivity index (χ0n) is 10.4.